The smallest absolute Gasteiger partial charge is 0.250 e. The van der Waals surface area contributed by atoms with Crippen LogP contribution in [-0.4, -0.2) is 32.4 Å². The number of carbonyl (C=O) groups excluding carboxylic acids is 1. The van der Waals surface area contributed by atoms with Gasteiger partial charge in [0.1, 0.15) is 0 Å². The minimum absolute atomic E-state index is 0.187. The number of rotatable bonds is 5. The highest BCUT2D eigenvalue weighted by Gasteiger charge is 2.10. The minimum atomic E-state index is -0.187. The Hall–Kier alpha value is -2.67. The summed E-state index contributed by atoms with van der Waals surface area (Å²) in [4.78, 5) is 20.7. The molecule has 0 saturated carbocycles. The van der Waals surface area contributed by atoms with Gasteiger partial charge in [0.15, 0.2) is 5.16 Å². The first kappa shape index (κ1) is 19.1. The molecule has 2 heterocycles. The van der Waals surface area contributed by atoms with E-state index in [0.29, 0.717) is 5.16 Å². The summed E-state index contributed by atoms with van der Waals surface area (Å²) in [6.07, 6.45) is 1.72. The van der Waals surface area contributed by atoms with Crippen LogP contribution in [0.3, 0.4) is 0 Å². The van der Waals surface area contributed by atoms with Gasteiger partial charge in [-0.15, -0.1) is 0 Å². The summed E-state index contributed by atoms with van der Waals surface area (Å²) in [6.45, 7) is 7.94. The Labute approximate surface area is 163 Å². The molecule has 140 valence electrons. The number of amides is 1. The summed E-state index contributed by atoms with van der Waals surface area (Å²) in [5, 5.41) is 5.89. The number of fused-ring (bicyclic) bond motifs is 1. The summed E-state index contributed by atoms with van der Waals surface area (Å²) in [6, 6.07) is 8.24. The van der Waals surface area contributed by atoms with Crippen molar-refractivity contribution >= 4 is 34.8 Å². The molecular weight excluding hydrogens is 358 g/mol. The summed E-state index contributed by atoms with van der Waals surface area (Å²) >= 11 is 1.30. The zero-order valence-corrected chi connectivity index (χ0v) is 17.0. The number of aryl methyl sites for hydroxylation is 4. The summed E-state index contributed by atoms with van der Waals surface area (Å²) < 4.78 is 2.13. The van der Waals surface area contributed by atoms with Gasteiger partial charge in [-0.05, 0) is 45.9 Å². The van der Waals surface area contributed by atoms with E-state index in [1.165, 1.54) is 17.3 Å². The van der Waals surface area contributed by atoms with Crippen molar-refractivity contribution in [1.29, 1.82) is 0 Å². The summed E-state index contributed by atoms with van der Waals surface area (Å²) in [5.41, 5.74) is 8.84. The van der Waals surface area contributed by atoms with Crippen LogP contribution in [0.25, 0.3) is 10.9 Å². The maximum absolute atomic E-state index is 12.1. The predicted octanol–water partition coefficient (Wildman–Crippen LogP) is 3.44. The second kappa shape index (κ2) is 7.92. The molecule has 1 amide bonds. The van der Waals surface area contributed by atoms with Crippen molar-refractivity contribution in [3.05, 3.63) is 52.5 Å². The van der Waals surface area contributed by atoms with E-state index in [2.05, 4.69) is 50.2 Å². The van der Waals surface area contributed by atoms with E-state index in [1.807, 2.05) is 33.9 Å². The molecule has 7 heteroatoms. The average Bonchev–Trinajstić information content (AvgIpc) is 2.83. The van der Waals surface area contributed by atoms with Gasteiger partial charge < -0.3 is 4.57 Å². The second-order valence-corrected chi connectivity index (χ2v) is 7.54. The van der Waals surface area contributed by atoms with Crippen molar-refractivity contribution in [2.24, 2.45) is 12.1 Å². The lowest BCUT2D eigenvalue weighted by atomic mass is 10.1. The Morgan fingerprint density at radius 2 is 1.89 bits per heavy atom. The lowest BCUT2D eigenvalue weighted by Gasteiger charge is -2.02. The van der Waals surface area contributed by atoms with Crippen LogP contribution in [0.4, 0.5) is 0 Å². The van der Waals surface area contributed by atoms with Crippen LogP contribution in [0.5, 0.6) is 0 Å². The van der Waals surface area contributed by atoms with Gasteiger partial charge in [-0.3, -0.25) is 4.79 Å². The third-order valence-corrected chi connectivity index (χ3v) is 5.22. The standard InChI is InChI=1S/C20H23N5OS/c1-12-6-7-18-16(8-12)17(15(4)25(18)5)10-21-24-19(26)11-27-20-22-13(2)9-14(3)23-20/h6-10H,11H2,1-5H3,(H,24,26)/b21-10+. The van der Waals surface area contributed by atoms with E-state index >= 15 is 0 Å². The molecule has 1 N–H and O–H groups in total. The van der Waals surface area contributed by atoms with Crippen molar-refractivity contribution in [3.63, 3.8) is 0 Å². The molecule has 0 aliphatic heterocycles. The number of hydrogen-bond acceptors (Lipinski definition) is 5. The van der Waals surface area contributed by atoms with Crippen LogP contribution in [0, 0.1) is 27.7 Å². The highest BCUT2D eigenvalue weighted by atomic mass is 32.2. The number of carbonyl (C=O) groups is 1. The van der Waals surface area contributed by atoms with Crippen molar-refractivity contribution in [2.45, 2.75) is 32.9 Å². The molecule has 0 atom stereocenters. The molecule has 0 saturated heterocycles. The number of hydrazone groups is 1. The first-order chi connectivity index (χ1) is 12.8. The summed E-state index contributed by atoms with van der Waals surface area (Å²) in [5.74, 6) is 0.0292. The van der Waals surface area contributed by atoms with Gasteiger partial charge >= 0.3 is 0 Å². The largest absolute Gasteiger partial charge is 0.347 e. The van der Waals surface area contributed by atoms with Gasteiger partial charge in [0.05, 0.1) is 12.0 Å². The topological polar surface area (TPSA) is 72.2 Å². The van der Waals surface area contributed by atoms with E-state index in [9.17, 15) is 4.79 Å². The Morgan fingerprint density at radius 3 is 2.59 bits per heavy atom. The molecule has 0 bridgehead atoms. The minimum Gasteiger partial charge on any atom is -0.347 e. The second-order valence-electron chi connectivity index (χ2n) is 6.59. The van der Waals surface area contributed by atoms with Crippen molar-refractivity contribution in [1.82, 2.24) is 20.0 Å². The molecule has 0 unspecified atom stereocenters. The number of nitrogens with zero attached hydrogens (tertiary/aromatic N) is 4. The van der Waals surface area contributed by atoms with Crippen LogP contribution in [-0.2, 0) is 11.8 Å². The number of aromatic nitrogens is 3. The number of thioether (sulfide) groups is 1. The van der Waals surface area contributed by atoms with Crippen molar-refractivity contribution < 1.29 is 4.79 Å². The quantitative estimate of drug-likeness (QED) is 0.318. The normalized spacial score (nSPS) is 11.4. The third kappa shape index (κ3) is 4.36. The van der Waals surface area contributed by atoms with Gasteiger partial charge in [-0.2, -0.15) is 5.10 Å². The molecular formula is C20H23N5OS. The SMILES string of the molecule is Cc1ccc2c(c1)c(/C=N/NC(=O)CSc1nc(C)cc(C)n1)c(C)n2C. The van der Waals surface area contributed by atoms with E-state index in [0.717, 1.165) is 33.5 Å². The fraction of sp³-hybridized carbons (Fsp3) is 0.300. The molecule has 1 aromatic carbocycles. The Morgan fingerprint density at radius 1 is 1.19 bits per heavy atom. The van der Waals surface area contributed by atoms with Gasteiger partial charge in [-0.1, -0.05) is 23.4 Å². The van der Waals surface area contributed by atoms with Crippen LogP contribution in [0.2, 0.25) is 0 Å². The highest BCUT2D eigenvalue weighted by molar-refractivity contribution is 7.99. The van der Waals surface area contributed by atoms with Crippen molar-refractivity contribution in [2.75, 3.05) is 5.75 Å². The monoisotopic (exact) mass is 381 g/mol. The number of hydrogen-bond donors (Lipinski definition) is 1. The van der Waals surface area contributed by atoms with Crippen LogP contribution in [0.15, 0.2) is 34.5 Å². The molecule has 0 radical (unpaired) electrons. The molecule has 27 heavy (non-hydrogen) atoms. The number of benzene rings is 1. The fourth-order valence-corrected chi connectivity index (χ4v) is 3.71. The van der Waals surface area contributed by atoms with Crippen LogP contribution >= 0.6 is 11.8 Å². The van der Waals surface area contributed by atoms with Crippen molar-refractivity contribution in [3.8, 4) is 0 Å². The van der Waals surface area contributed by atoms with Gasteiger partial charge in [0.25, 0.3) is 5.91 Å². The predicted molar refractivity (Wildman–Crippen MR) is 110 cm³/mol. The summed E-state index contributed by atoms with van der Waals surface area (Å²) in [7, 11) is 2.03. The average molecular weight is 382 g/mol. The zero-order chi connectivity index (χ0) is 19.6. The highest BCUT2D eigenvalue weighted by Crippen LogP contribution is 2.24. The lowest BCUT2D eigenvalue weighted by Crippen LogP contribution is -2.20. The number of nitrogens with one attached hydrogen (secondary N) is 1. The maximum Gasteiger partial charge on any atom is 0.250 e. The Kier molecular flexibility index (Phi) is 5.60. The molecule has 0 aliphatic rings. The first-order valence-electron chi connectivity index (χ1n) is 8.68. The van der Waals surface area contributed by atoms with Gasteiger partial charge in [-0.25, -0.2) is 15.4 Å². The molecule has 0 fully saturated rings. The van der Waals surface area contributed by atoms with Gasteiger partial charge in [0, 0.05) is 40.6 Å². The van der Waals surface area contributed by atoms with E-state index in [-0.39, 0.29) is 11.7 Å². The molecule has 0 aliphatic carbocycles. The fourth-order valence-electron chi connectivity index (χ4n) is 2.97. The van der Waals surface area contributed by atoms with Crippen LogP contribution < -0.4 is 5.43 Å². The van der Waals surface area contributed by atoms with Crippen LogP contribution in [0.1, 0.15) is 28.2 Å². The molecule has 6 nitrogen and oxygen atoms in total. The van der Waals surface area contributed by atoms with E-state index in [1.54, 1.807) is 6.21 Å². The molecule has 0 spiro atoms. The molecule has 3 aromatic rings. The van der Waals surface area contributed by atoms with E-state index < -0.39 is 0 Å². The Balaban J connectivity index is 1.67. The molecule has 3 rings (SSSR count). The first-order valence-corrected chi connectivity index (χ1v) is 9.66. The zero-order valence-electron chi connectivity index (χ0n) is 16.2. The van der Waals surface area contributed by atoms with E-state index in [4.69, 9.17) is 0 Å². The molecule has 2 aromatic heterocycles. The lowest BCUT2D eigenvalue weighted by molar-refractivity contribution is -0.118. The van der Waals surface area contributed by atoms with Gasteiger partial charge in [0.2, 0.25) is 0 Å². The Bertz CT molecular complexity index is 1020. The third-order valence-electron chi connectivity index (χ3n) is 4.37. The maximum atomic E-state index is 12.1.